The molecule has 0 amide bonds. The van der Waals surface area contributed by atoms with E-state index in [0.717, 1.165) is 11.3 Å². The van der Waals surface area contributed by atoms with E-state index >= 15 is 0 Å². The Hall–Kier alpha value is -2.06. The van der Waals surface area contributed by atoms with E-state index in [1.807, 2.05) is 0 Å². The van der Waals surface area contributed by atoms with E-state index in [4.69, 9.17) is 5.73 Å². The van der Waals surface area contributed by atoms with Crippen LogP contribution in [0, 0.1) is 0 Å². The minimum Gasteiger partial charge on any atom is -0.465 e. The summed E-state index contributed by atoms with van der Waals surface area (Å²) >= 11 is 1.11. The van der Waals surface area contributed by atoms with Crippen LogP contribution < -0.4 is 10.5 Å². The molecule has 8 heteroatoms. The van der Waals surface area contributed by atoms with Crippen LogP contribution in [0.3, 0.4) is 0 Å². The number of benzene rings is 1. The Kier molecular flexibility index (Phi) is 4.49. The summed E-state index contributed by atoms with van der Waals surface area (Å²) in [5, 5.41) is 1.61. The molecule has 0 unspecified atom stereocenters. The molecule has 1 heterocycles. The number of ether oxygens (including phenoxy) is 1. The quantitative estimate of drug-likeness (QED) is 0.647. The third kappa shape index (κ3) is 3.73. The number of thiophene rings is 1. The molecule has 112 valence electrons. The van der Waals surface area contributed by atoms with Crippen molar-refractivity contribution in [1.82, 2.24) is 0 Å². The fourth-order valence-corrected chi connectivity index (χ4v) is 3.79. The Morgan fingerprint density at radius 3 is 2.71 bits per heavy atom. The molecule has 0 aliphatic rings. The molecule has 0 aliphatic heterocycles. The van der Waals surface area contributed by atoms with Crippen molar-refractivity contribution in [3.05, 3.63) is 46.2 Å². The van der Waals surface area contributed by atoms with Gasteiger partial charge < -0.3 is 10.5 Å². The molecule has 0 aliphatic carbocycles. The second-order valence-corrected chi connectivity index (χ2v) is 6.85. The standard InChI is InChI=1S/C13H14N2O4S2/c1-19-13(16)12-11(6-7-20-12)15-21(17,18)8-9-4-2-3-5-10(9)14/h2-7,15H,8,14H2,1H3. The third-order valence-electron chi connectivity index (χ3n) is 2.70. The number of hydrogen-bond acceptors (Lipinski definition) is 6. The van der Waals surface area contributed by atoms with Crippen LogP contribution in [0.15, 0.2) is 35.7 Å². The molecule has 1 aromatic heterocycles. The highest BCUT2D eigenvalue weighted by atomic mass is 32.2. The average Bonchev–Trinajstić information content (AvgIpc) is 2.87. The maximum absolute atomic E-state index is 12.2. The molecule has 2 rings (SSSR count). The molecule has 0 atom stereocenters. The van der Waals surface area contributed by atoms with Crippen molar-refractivity contribution in [2.75, 3.05) is 17.6 Å². The Labute approximate surface area is 126 Å². The lowest BCUT2D eigenvalue weighted by molar-refractivity contribution is 0.0607. The Balaban J connectivity index is 2.21. The summed E-state index contributed by atoms with van der Waals surface area (Å²) in [5.41, 5.74) is 6.85. The van der Waals surface area contributed by atoms with Crippen molar-refractivity contribution < 1.29 is 17.9 Å². The number of sulfonamides is 1. The van der Waals surface area contributed by atoms with Gasteiger partial charge in [-0.2, -0.15) is 0 Å². The molecule has 0 fully saturated rings. The number of nitrogens with one attached hydrogen (secondary N) is 1. The highest BCUT2D eigenvalue weighted by Gasteiger charge is 2.19. The second kappa shape index (κ2) is 6.15. The fraction of sp³-hybridized carbons (Fsp3) is 0.154. The van der Waals surface area contributed by atoms with E-state index in [0.29, 0.717) is 11.3 Å². The van der Waals surface area contributed by atoms with E-state index in [9.17, 15) is 13.2 Å². The van der Waals surface area contributed by atoms with Gasteiger partial charge in [0, 0.05) is 5.69 Å². The predicted molar refractivity (Wildman–Crippen MR) is 82.8 cm³/mol. The number of carbonyl (C=O) groups is 1. The SMILES string of the molecule is COC(=O)c1sccc1NS(=O)(=O)Cc1ccccc1N. The molecule has 0 saturated heterocycles. The summed E-state index contributed by atoms with van der Waals surface area (Å²) in [5.74, 6) is -0.849. The van der Waals surface area contributed by atoms with E-state index < -0.39 is 16.0 Å². The molecule has 0 saturated carbocycles. The smallest absolute Gasteiger partial charge is 0.350 e. The van der Waals surface area contributed by atoms with Crippen molar-refractivity contribution in [1.29, 1.82) is 0 Å². The summed E-state index contributed by atoms with van der Waals surface area (Å²) in [6.45, 7) is 0. The van der Waals surface area contributed by atoms with Crippen molar-refractivity contribution >= 4 is 38.7 Å². The zero-order valence-corrected chi connectivity index (χ0v) is 12.8. The van der Waals surface area contributed by atoms with Gasteiger partial charge in [-0.05, 0) is 23.1 Å². The van der Waals surface area contributed by atoms with Crippen LogP contribution in [0.1, 0.15) is 15.2 Å². The van der Waals surface area contributed by atoms with Crippen LogP contribution in [0.2, 0.25) is 0 Å². The maximum atomic E-state index is 12.2. The van der Waals surface area contributed by atoms with E-state index in [-0.39, 0.29) is 16.3 Å². The predicted octanol–water partition coefficient (Wildman–Crippen LogP) is 2.06. The van der Waals surface area contributed by atoms with Gasteiger partial charge in [0.1, 0.15) is 4.88 Å². The molecule has 21 heavy (non-hydrogen) atoms. The first-order valence-corrected chi connectivity index (χ1v) is 8.46. The average molecular weight is 326 g/mol. The summed E-state index contributed by atoms with van der Waals surface area (Å²) in [6, 6.07) is 8.24. The van der Waals surface area contributed by atoms with Crippen molar-refractivity contribution in [3.8, 4) is 0 Å². The first-order chi connectivity index (χ1) is 9.93. The number of para-hydroxylation sites is 1. The number of methoxy groups -OCH3 is 1. The van der Waals surface area contributed by atoms with E-state index in [1.165, 1.54) is 13.2 Å². The molecule has 3 N–H and O–H groups in total. The van der Waals surface area contributed by atoms with E-state index in [1.54, 1.807) is 29.6 Å². The van der Waals surface area contributed by atoms with Gasteiger partial charge in [-0.1, -0.05) is 18.2 Å². The summed E-state index contributed by atoms with van der Waals surface area (Å²) in [6.07, 6.45) is 0. The summed E-state index contributed by atoms with van der Waals surface area (Å²) < 4.78 is 31.3. The Morgan fingerprint density at radius 1 is 1.33 bits per heavy atom. The molecule has 0 radical (unpaired) electrons. The number of rotatable bonds is 5. The number of nitrogen functional groups attached to an aromatic ring is 1. The van der Waals surface area contributed by atoms with Gasteiger partial charge in [0.15, 0.2) is 0 Å². The van der Waals surface area contributed by atoms with Gasteiger partial charge in [0.05, 0.1) is 18.6 Å². The number of nitrogens with two attached hydrogens (primary N) is 1. The molecule has 6 nitrogen and oxygen atoms in total. The zero-order chi connectivity index (χ0) is 15.5. The van der Waals surface area contributed by atoms with Gasteiger partial charge in [-0.25, -0.2) is 13.2 Å². The van der Waals surface area contributed by atoms with Crippen LogP contribution in [-0.4, -0.2) is 21.5 Å². The van der Waals surface area contributed by atoms with Crippen LogP contribution >= 0.6 is 11.3 Å². The van der Waals surface area contributed by atoms with Gasteiger partial charge in [-0.15, -0.1) is 11.3 Å². The largest absolute Gasteiger partial charge is 0.465 e. The number of hydrogen-bond donors (Lipinski definition) is 2. The van der Waals surface area contributed by atoms with E-state index in [2.05, 4.69) is 9.46 Å². The summed E-state index contributed by atoms with van der Waals surface area (Å²) in [7, 11) is -2.43. The van der Waals surface area contributed by atoms with Gasteiger partial charge in [0.2, 0.25) is 10.0 Å². The molecular weight excluding hydrogens is 312 g/mol. The molecule has 2 aromatic rings. The third-order valence-corrected chi connectivity index (χ3v) is 4.82. The normalized spacial score (nSPS) is 11.1. The Morgan fingerprint density at radius 2 is 2.05 bits per heavy atom. The van der Waals surface area contributed by atoms with Crippen LogP contribution in [-0.2, 0) is 20.5 Å². The lowest BCUT2D eigenvalue weighted by atomic mass is 10.2. The van der Waals surface area contributed by atoms with Gasteiger partial charge >= 0.3 is 5.97 Å². The lowest BCUT2D eigenvalue weighted by Crippen LogP contribution is -2.17. The maximum Gasteiger partial charge on any atom is 0.350 e. The number of anilines is 2. The highest BCUT2D eigenvalue weighted by molar-refractivity contribution is 7.92. The van der Waals surface area contributed by atoms with Crippen LogP contribution in [0.5, 0.6) is 0 Å². The molecular formula is C13H14N2O4S2. The van der Waals surface area contributed by atoms with Crippen LogP contribution in [0.4, 0.5) is 11.4 Å². The second-order valence-electron chi connectivity index (χ2n) is 4.21. The van der Waals surface area contributed by atoms with Crippen molar-refractivity contribution in [2.45, 2.75) is 5.75 Å². The fourth-order valence-electron chi connectivity index (χ4n) is 1.71. The zero-order valence-electron chi connectivity index (χ0n) is 11.2. The molecule has 0 bridgehead atoms. The van der Waals surface area contributed by atoms with Crippen LogP contribution in [0.25, 0.3) is 0 Å². The highest BCUT2D eigenvalue weighted by Crippen LogP contribution is 2.25. The topological polar surface area (TPSA) is 98.5 Å². The summed E-state index contributed by atoms with van der Waals surface area (Å²) in [4.78, 5) is 11.7. The number of esters is 1. The monoisotopic (exact) mass is 326 g/mol. The first kappa shape index (κ1) is 15.3. The van der Waals surface area contributed by atoms with Crippen molar-refractivity contribution in [2.24, 2.45) is 0 Å². The molecule has 0 spiro atoms. The first-order valence-electron chi connectivity index (χ1n) is 5.92. The lowest BCUT2D eigenvalue weighted by Gasteiger charge is -2.09. The number of carbonyl (C=O) groups excluding carboxylic acids is 1. The van der Waals surface area contributed by atoms with Gasteiger partial charge in [-0.3, -0.25) is 4.72 Å². The van der Waals surface area contributed by atoms with Crippen molar-refractivity contribution in [3.63, 3.8) is 0 Å². The van der Waals surface area contributed by atoms with Gasteiger partial charge in [0.25, 0.3) is 0 Å². The molecule has 1 aromatic carbocycles. The minimum absolute atomic E-state index is 0.210. The Bertz CT molecular complexity index is 753. The minimum atomic E-state index is -3.68.